The Morgan fingerprint density at radius 1 is 1.24 bits per heavy atom. The minimum absolute atomic E-state index is 0.112. The van der Waals surface area contributed by atoms with Gasteiger partial charge in [-0.2, -0.15) is 10.2 Å². The zero-order valence-corrected chi connectivity index (χ0v) is 18.4. The lowest BCUT2D eigenvalue weighted by molar-refractivity contribution is 0.0995. The SMILES string of the molecule is CCN1CCc2cc(OC)c(Nc3nnc(C(N)=O)c(Nc4cccc(C#N)c4)n3)cc2C1. The number of likely N-dealkylation sites (N-methyl/N-ethyl adjacent to an activating group) is 1. The number of aromatic nitrogens is 3. The summed E-state index contributed by atoms with van der Waals surface area (Å²) in [6, 6.07) is 12.9. The van der Waals surface area contributed by atoms with Gasteiger partial charge in [0.05, 0.1) is 24.4 Å². The van der Waals surface area contributed by atoms with Crippen molar-refractivity contribution >= 4 is 29.0 Å². The number of fused-ring (bicyclic) bond motifs is 1. The molecule has 0 saturated carbocycles. The Kier molecular flexibility index (Phi) is 6.33. The second-order valence-electron chi connectivity index (χ2n) is 7.58. The minimum atomic E-state index is -0.772. The van der Waals surface area contributed by atoms with Gasteiger partial charge < -0.3 is 21.1 Å². The molecule has 0 fully saturated rings. The van der Waals surface area contributed by atoms with E-state index in [9.17, 15) is 4.79 Å². The number of nitrogens with two attached hydrogens (primary N) is 1. The molecule has 1 aliphatic rings. The van der Waals surface area contributed by atoms with Crippen molar-refractivity contribution in [2.75, 3.05) is 30.8 Å². The van der Waals surface area contributed by atoms with Gasteiger partial charge >= 0.3 is 0 Å². The first-order chi connectivity index (χ1) is 16.0. The third kappa shape index (κ3) is 4.83. The lowest BCUT2D eigenvalue weighted by Crippen LogP contribution is -2.30. The van der Waals surface area contributed by atoms with Crippen molar-refractivity contribution < 1.29 is 9.53 Å². The van der Waals surface area contributed by atoms with Crippen LogP contribution in [0.25, 0.3) is 0 Å². The number of nitrogens with zero attached hydrogens (tertiary/aromatic N) is 5. The number of methoxy groups -OCH3 is 1. The molecule has 0 atom stereocenters. The average molecular weight is 444 g/mol. The number of benzene rings is 2. The highest BCUT2D eigenvalue weighted by Gasteiger charge is 2.20. The Morgan fingerprint density at radius 3 is 2.82 bits per heavy atom. The van der Waals surface area contributed by atoms with Crippen LogP contribution in [0, 0.1) is 11.3 Å². The molecule has 0 saturated heterocycles. The van der Waals surface area contributed by atoms with Crippen LogP contribution in [0.2, 0.25) is 0 Å². The van der Waals surface area contributed by atoms with Crippen LogP contribution in [-0.4, -0.2) is 46.2 Å². The number of carbonyl (C=O) groups is 1. The molecule has 0 spiro atoms. The summed E-state index contributed by atoms with van der Waals surface area (Å²) in [7, 11) is 1.61. The normalized spacial score (nSPS) is 13.0. The molecular weight excluding hydrogens is 420 g/mol. The highest BCUT2D eigenvalue weighted by atomic mass is 16.5. The summed E-state index contributed by atoms with van der Waals surface area (Å²) < 4.78 is 5.58. The molecule has 4 N–H and O–H groups in total. The lowest BCUT2D eigenvalue weighted by Gasteiger charge is -2.28. The lowest BCUT2D eigenvalue weighted by atomic mass is 9.98. The quantitative estimate of drug-likeness (QED) is 0.501. The number of rotatable bonds is 7. The van der Waals surface area contributed by atoms with Crippen molar-refractivity contribution in [3.8, 4) is 11.8 Å². The molecule has 1 amide bonds. The second-order valence-corrected chi connectivity index (χ2v) is 7.58. The molecule has 0 bridgehead atoms. The highest BCUT2D eigenvalue weighted by Crippen LogP contribution is 2.33. The van der Waals surface area contributed by atoms with E-state index in [0.29, 0.717) is 22.7 Å². The number of nitriles is 1. The zero-order valence-electron chi connectivity index (χ0n) is 18.4. The number of hydrogen-bond acceptors (Lipinski definition) is 9. The van der Waals surface area contributed by atoms with Crippen molar-refractivity contribution in [3.05, 3.63) is 58.8 Å². The van der Waals surface area contributed by atoms with E-state index in [4.69, 9.17) is 15.7 Å². The van der Waals surface area contributed by atoms with Crippen LogP contribution >= 0.6 is 0 Å². The third-order valence-corrected chi connectivity index (χ3v) is 5.48. The predicted octanol–water partition coefficient (Wildman–Crippen LogP) is 2.72. The van der Waals surface area contributed by atoms with E-state index in [0.717, 1.165) is 26.1 Å². The number of amides is 1. The first kappa shape index (κ1) is 22.0. The molecule has 1 aliphatic heterocycles. The number of carbonyl (C=O) groups excluding carboxylic acids is 1. The molecule has 33 heavy (non-hydrogen) atoms. The number of nitrogens with one attached hydrogen (secondary N) is 2. The summed E-state index contributed by atoms with van der Waals surface area (Å²) >= 11 is 0. The summed E-state index contributed by atoms with van der Waals surface area (Å²) in [6.45, 7) is 5.00. The van der Waals surface area contributed by atoms with E-state index < -0.39 is 5.91 Å². The maximum atomic E-state index is 11.9. The molecule has 2 aromatic carbocycles. The highest BCUT2D eigenvalue weighted by molar-refractivity contribution is 5.96. The van der Waals surface area contributed by atoms with Crippen molar-refractivity contribution in [2.45, 2.75) is 19.9 Å². The summed E-state index contributed by atoms with van der Waals surface area (Å²) in [6.07, 6.45) is 0.959. The van der Waals surface area contributed by atoms with E-state index in [1.165, 1.54) is 11.1 Å². The second kappa shape index (κ2) is 9.50. The van der Waals surface area contributed by atoms with Crippen molar-refractivity contribution in [1.82, 2.24) is 20.1 Å². The van der Waals surface area contributed by atoms with Crippen LogP contribution in [0.1, 0.15) is 34.1 Å². The first-order valence-electron chi connectivity index (χ1n) is 10.5. The maximum Gasteiger partial charge on any atom is 0.273 e. The van der Waals surface area contributed by atoms with E-state index in [2.05, 4.69) is 43.7 Å². The van der Waals surface area contributed by atoms with Gasteiger partial charge in [-0.15, -0.1) is 10.2 Å². The van der Waals surface area contributed by atoms with Crippen LogP contribution in [0.15, 0.2) is 36.4 Å². The van der Waals surface area contributed by atoms with Gasteiger partial charge in [-0.05, 0) is 54.4 Å². The van der Waals surface area contributed by atoms with Gasteiger partial charge in [0.2, 0.25) is 5.95 Å². The van der Waals surface area contributed by atoms with Crippen molar-refractivity contribution in [3.63, 3.8) is 0 Å². The molecule has 2 heterocycles. The van der Waals surface area contributed by atoms with Gasteiger partial charge in [-0.3, -0.25) is 9.69 Å². The smallest absolute Gasteiger partial charge is 0.273 e. The summed E-state index contributed by atoms with van der Waals surface area (Å²) in [5.74, 6) is 0.188. The molecule has 10 heteroatoms. The Hall–Kier alpha value is -4.23. The number of ether oxygens (including phenoxy) is 1. The van der Waals surface area contributed by atoms with E-state index in [1.54, 1.807) is 31.4 Å². The standard InChI is InChI=1S/C23H24N8O2/c1-3-31-8-7-15-11-19(33-2)18(10-16(15)13-31)27-23-28-22(20(21(25)32)29-30-23)26-17-6-4-5-14(9-17)12-24/h4-6,9-11H,3,7-8,13H2,1-2H3,(H2,25,32)(H2,26,27,28,30). The van der Waals surface area contributed by atoms with Gasteiger partial charge in [-0.25, -0.2) is 0 Å². The van der Waals surface area contributed by atoms with Crippen LogP contribution in [0.4, 0.5) is 23.1 Å². The fourth-order valence-electron chi connectivity index (χ4n) is 3.74. The molecule has 0 radical (unpaired) electrons. The van der Waals surface area contributed by atoms with Gasteiger partial charge in [0.1, 0.15) is 5.75 Å². The molecule has 1 aromatic heterocycles. The van der Waals surface area contributed by atoms with Gasteiger partial charge in [0, 0.05) is 18.8 Å². The monoisotopic (exact) mass is 444 g/mol. The molecule has 0 unspecified atom stereocenters. The largest absolute Gasteiger partial charge is 0.495 e. The molecule has 3 aromatic rings. The van der Waals surface area contributed by atoms with Gasteiger partial charge in [0.25, 0.3) is 5.91 Å². The van der Waals surface area contributed by atoms with Gasteiger partial charge in [-0.1, -0.05) is 13.0 Å². The minimum Gasteiger partial charge on any atom is -0.495 e. The Morgan fingerprint density at radius 2 is 2.09 bits per heavy atom. The van der Waals surface area contributed by atoms with Crippen molar-refractivity contribution in [1.29, 1.82) is 5.26 Å². The van der Waals surface area contributed by atoms with E-state index in [-0.39, 0.29) is 17.5 Å². The average Bonchev–Trinajstić information content (AvgIpc) is 2.83. The third-order valence-electron chi connectivity index (χ3n) is 5.48. The van der Waals surface area contributed by atoms with Crippen LogP contribution in [0.3, 0.4) is 0 Å². The Labute approximate surface area is 191 Å². The van der Waals surface area contributed by atoms with E-state index in [1.807, 2.05) is 12.1 Å². The molecule has 168 valence electrons. The molecular formula is C23H24N8O2. The molecule has 4 rings (SSSR count). The number of hydrogen-bond donors (Lipinski definition) is 3. The van der Waals surface area contributed by atoms with E-state index >= 15 is 0 Å². The van der Waals surface area contributed by atoms with Crippen LogP contribution < -0.4 is 21.1 Å². The van der Waals surface area contributed by atoms with Gasteiger partial charge in [0.15, 0.2) is 11.5 Å². The predicted molar refractivity (Wildman–Crippen MR) is 124 cm³/mol. The summed E-state index contributed by atoms with van der Waals surface area (Å²) in [5.41, 5.74) is 9.52. The number of anilines is 4. The van der Waals surface area contributed by atoms with Crippen LogP contribution in [-0.2, 0) is 13.0 Å². The van der Waals surface area contributed by atoms with Crippen LogP contribution in [0.5, 0.6) is 5.75 Å². The topological polar surface area (TPSA) is 142 Å². The Bertz CT molecular complexity index is 1240. The maximum absolute atomic E-state index is 11.9. The molecule has 0 aliphatic carbocycles. The summed E-state index contributed by atoms with van der Waals surface area (Å²) in [4.78, 5) is 18.7. The Balaban J connectivity index is 1.67. The van der Waals surface area contributed by atoms with Crippen molar-refractivity contribution in [2.24, 2.45) is 5.73 Å². The fourth-order valence-corrected chi connectivity index (χ4v) is 3.74. The number of primary amides is 1. The zero-order chi connectivity index (χ0) is 23.4. The summed E-state index contributed by atoms with van der Waals surface area (Å²) in [5, 5.41) is 23.3. The fraction of sp³-hybridized carbons (Fsp3) is 0.261. The molecule has 10 nitrogen and oxygen atoms in total. The first-order valence-corrected chi connectivity index (χ1v) is 10.5.